The van der Waals surface area contributed by atoms with Crippen LogP contribution in [0.4, 0.5) is 4.39 Å². The van der Waals surface area contributed by atoms with Crippen molar-refractivity contribution < 1.29 is 4.39 Å². The summed E-state index contributed by atoms with van der Waals surface area (Å²) in [7, 11) is 0. The molecular weight excluding hydrogens is 285 g/mol. The first-order chi connectivity index (χ1) is 10.0. The van der Waals surface area contributed by atoms with Gasteiger partial charge in [-0.25, -0.2) is 4.39 Å². The summed E-state index contributed by atoms with van der Waals surface area (Å²) in [6.45, 7) is 7.06. The summed E-state index contributed by atoms with van der Waals surface area (Å²) in [6.07, 6.45) is 0.588. The molecule has 0 spiro atoms. The second-order valence-corrected chi connectivity index (χ2v) is 5.79. The topological polar surface area (TPSA) is 12.0 Å². The van der Waals surface area contributed by atoms with Crippen molar-refractivity contribution in [2.75, 3.05) is 6.54 Å². The molecule has 1 N–H and O–H groups in total. The number of halogens is 2. The summed E-state index contributed by atoms with van der Waals surface area (Å²) in [5, 5.41) is 3.64. The van der Waals surface area contributed by atoms with Crippen LogP contribution in [-0.4, -0.2) is 6.54 Å². The Bertz CT molecular complexity index is 625. The molecule has 2 rings (SSSR count). The third-order valence-corrected chi connectivity index (χ3v) is 4.01. The normalized spacial score (nSPS) is 12.4. The number of hydrogen-bond acceptors (Lipinski definition) is 1. The van der Waals surface area contributed by atoms with E-state index in [0.717, 1.165) is 6.54 Å². The first-order valence-electron chi connectivity index (χ1n) is 7.26. The molecule has 0 aromatic heterocycles. The monoisotopic (exact) mass is 305 g/mol. The van der Waals surface area contributed by atoms with Gasteiger partial charge in [-0.15, -0.1) is 0 Å². The maximum absolute atomic E-state index is 14.1. The van der Waals surface area contributed by atoms with E-state index in [4.69, 9.17) is 11.6 Å². The number of nitrogens with one attached hydrogen (secondary N) is 1. The van der Waals surface area contributed by atoms with Crippen LogP contribution >= 0.6 is 11.6 Å². The van der Waals surface area contributed by atoms with Gasteiger partial charge in [-0.05, 0) is 49.6 Å². The zero-order chi connectivity index (χ0) is 15.4. The van der Waals surface area contributed by atoms with Crippen molar-refractivity contribution in [3.05, 3.63) is 69.5 Å². The number of rotatable bonds is 5. The standard InChI is InChI=1S/C18H21ClFN/c1-4-21-17(15-10-12(2)8-9-13(15)3)11-14-6-5-7-16(19)18(14)20/h5-10,17,21H,4,11H2,1-3H3. The molecule has 2 aromatic rings. The van der Waals surface area contributed by atoms with Crippen LogP contribution in [0.1, 0.15) is 35.2 Å². The fourth-order valence-electron chi connectivity index (χ4n) is 2.60. The van der Waals surface area contributed by atoms with Crippen molar-refractivity contribution in [3.63, 3.8) is 0 Å². The Morgan fingerprint density at radius 2 is 1.95 bits per heavy atom. The van der Waals surface area contributed by atoms with E-state index in [1.807, 2.05) is 0 Å². The molecule has 2 aromatic carbocycles. The molecule has 0 fully saturated rings. The highest BCUT2D eigenvalue weighted by Crippen LogP contribution is 2.26. The Hall–Kier alpha value is -1.38. The summed E-state index contributed by atoms with van der Waals surface area (Å²) < 4.78 is 14.1. The van der Waals surface area contributed by atoms with Gasteiger partial charge in [0.05, 0.1) is 5.02 Å². The van der Waals surface area contributed by atoms with Crippen LogP contribution in [0.5, 0.6) is 0 Å². The molecule has 1 atom stereocenters. The van der Waals surface area contributed by atoms with Crippen LogP contribution in [0.3, 0.4) is 0 Å². The lowest BCUT2D eigenvalue weighted by Crippen LogP contribution is -2.24. The Labute approximate surface area is 131 Å². The van der Waals surface area contributed by atoms with Gasteiger partial charge >= 0.3 is 0 Å². The maximum atomic E-state index is 14.1. The van der Waals surface area contributed by atoms with Crippen molar-refractivity contribution in [1.29, 1.82) is 0 Å². The fraction of sp³-hybridized carbons (Fsp3) is 0.333. The second-order valence-electron chi connectivity index (χ2n) is 5.39. The lowest BCUT2D eigenvalue weighted by atomic mass is 9.93. The van der Waals surface area contributed by atoms with Crippen LogP contribution in [0.25, 0.3) is 0 Å². The first-order valence-corrected chi connectivity index (χ1v) is 7.64. The fourth-order valence-corrected chi connectivity index (χ4v) is 2.79. The summed E-state index contributed by atoms with van der Waals surface area (Å²) in [6, 6.07) is 11.7. The minimum absolute atomic E-state index is 0.0860. The van der Waals surface area contributed by atoms with E-state index < -0.39 is 0 Å². The lowest BCUT2D eigenvalue weighted by Gasteiger charge is -2.21. The molecule has 0 aliphatic carbocycles. The third-order valence-electron chi connectivity index (χ3n) is 3.72. The van der Waals surface area contributed by atoms with E-state index in [9.17, 15) is 4.39 Å². The Morgan fingerprint density at radius 3 is 2.67 bits per heavy atom. The maximum Gasteiger partial charge on any atom is 0.145 e. The zero-order valence-corrected chi connectivity index (χ0v) is 13.5. The van der Waals surface area contributed by atoms with Crippen LogP contribution in [0.2, 0.25) is 5.02 Å². The molecule has 3 heteroatoms. The highest BCUT2D eigenvalue weighted by molar-refractivity contribution is 6.30. The molecule has 1 unspecified atom stereocenters. The molecule has 0 saturated carbocycles. The Balaban J connectivity index is 2.35. The van der Waals surface area contributed by atoms with Crippen LogP contribution in [0.15, 0.2) is 36.4 Å². The van der Waals surface area contributed by atoms with Gasteiger partial charge in [-0.2, -0.15) is 0 Å². The first kappa shape index (κ1) is 16.0. The quantitative estimate of drug-likeness (QED) is 0.820. The Morgan fingerprint density at radius 1 is 1.19 bits per heavy atom. The van der Waals surface area contributed by atoms with Gasteiger partial charge in [0.15, 0.2) is 0 Å². The number of hydrogen-bond donors (Lipinski definition) is 1. The van der Waals surface area contributed by atoms with Gasteiger partial charge in [0.25, 0.3) is 0 Å². The molecule has 1 nitrogen and oxygen atoms in total. The third kappa shape index (κ3) is 3.84. The molecule has 0 aliphatic rings. The molecule has 0 aliphatic heterocycles. The van der Waals surface area contributed by atoms with Gasteiger partial charge < -0.3 is 5.32 Å². The average Bonchev–Trinajstić information content (AvgIpc) is 2.46. The van der Waals surface area contributed by atoms with Crippen molar-refractivity contribution in [1.82, 2.24) is 5.32 Å². The lowest BCUT2D eigenvalue weighted by molar-refractivity contribution is 0.526. The minimum Gasteiger partial charge on any atom is -0.310 e. The smallest absolute Gasteiger partial charge is 0.145 e. The van der Waals surface area contributed by atoms with Gasteiger partial charge in [0.2, 0.25) is 0 Å². The molecule has 0 amide bonds. The largest absolute Gasteiger partial charge is 0.310 e. The summed E-state index contributed by atoms with van der Waals surface area (Å²) in [5.74, 6) is -0.313. The summed E-state index contributed by atoms with van der Waals surface area (Å²) in [5.41, 5.74) is 4.30. The minimum atomic E-state index is -0.313. The molecule has 0 heterocycles. The van der Waals surface area contributed by atoms with E-state index in [1.165, 1.54) is 16.7 Å². The second kappa shape index (κ2) is 7.06. The number of benzene rings is 2. The predicted molar refractivity (Wildman–Crippen MR) is 87.4 cm³/mol. The Kier molecular flexibility index (Phi) is 5.38. The van der Waals surface area contributed by atoms with Crippen molar-refractivity contribution in [3.8, 4) is 0 Å². The van der Waals surface area contributed by atoms with Crippen LogP contribution in [-0.2, 0) is 6.42 Å². The SMILES string of the molecule is CCNC(Cc1cccc(Cl)c1F)c1cc(C)ccc1C. The van der Waals surface area contributed by atoms with Gasteiger partial charge in [-0.1, -0.05) is 54.4 Å². The molecule has 0 saturated heterocycles. The summed E-state index contributed by atoms with van der Waals surface area (Å²) in [4.78, 5) is 0. The molecule has 0 radical (unpaired) electrons. The van der Waals surface area contributed by atoms with E-state index >= 15 is 0 Å². The predicted octanol–water partition coefficient (Wildman–Crippen LogP) is 4.99. The van der Waals surface area contributed by atoms with Gasteiger partial charge in [0, 0.05) is 6.04 Å². The van der Waals surface area contributed by atoms with Gasteiger partial charge in [0.1, 0.15) is 5.82 Å². The van der Waals surface area contributed by atoms with E-state index in [0.29, 0.717) is 12.0 Å². The van der Waals surface area contributed by atoms with Crippen molar-refractivity contribution >= 4 is 11.6 Å². The molecule has 112 valence electrons. The molecule has 21 heavy (non-hydrogen) atoms. The van der Waals surface area contributed by atoms with Crippen LogP contribution < -0.4 is 5.32 Å². The van der Waals surface area contributed by atoms with Crippen molar-refractivity contribution in [2.24, 2.45) is 0 Å². The van der Waals surface area contributed by atoms with E-state index in [1.54, 1.807) is 18.2 Å². The van der Waals surface area contributed by atoms with E-state index in [2.05, 4.69) is 44.3 Å². The van der Waals surface area contributed by atoms with E-state index in [-0.39, 0.29) is 16.9 Å². The molecular formula is C18H21ClFN. The average molecular weight is 306 g/mol. The molecule has 0 bridgehead atoms. The number of aryl methyl sites for hydroxylation is 2. The zero-order valence-electron chi connectivity index (χ0n) is 12.7. The number of likely N-dealkylation sites (N-methyl/N-ethyl adjacent to an activating group) is 1. The highest BCUT2D eigenvalue weighted by atomic mass is 35.5. The van der Waals surface area contributed by atoms with Crippen LogP contribution in [0, 0.1) is 19.7 Å². The van der Waals surface area contributed by atoms with Crippen molar-refractivity contribution in [2.45, 2.75) is 33.2 Å². The van der Waals surface area contributed by atoms with Gasteiger partial charge in [-0.3, -0.25) is 0 Å². The highest BCUT2D eigenvalue weighted by Gasteiger charge is 2.16. The summed E-state index contributed by atoms with van der Waals surface area (Å²) >= 11 is 5.88.